The zero-order valence-corrected chi connectivity index (χ0v) is 10.6. The van der Waals surface area contributed by atoms with E-state index < -0.39 is 12.1 Å². The molecule has 0 aliphatic rings. The van der Waals surface area contributed by atoms with Gasteiger partial charge in [0.2, 0.25) is 0 Å². The van der Waals surface area contributed by atoms with E-state index in [0.717, 1.165) is 10.9 Å². The number of nitrogens with zero attached hydrogens (tertiary/aromatic N) is 1. The Morgan fingerprint density at radius 2 is 1.70 bits per heavy atom. The molecule has 4 heteroatoms. The van der Waals surface area contributed by atoms with Gasteiger partial charge in [0.25, 0.3) is 0 Å². The van der Waals surface area contributed by atoms with Crippen LogP contribution >= 0.6 is 0 Å². The summed E-state index contributed by atoms with van der Waals surface area (Å²) in [6.07, 6.45) is 0.359. The molecule has 1 heterocycles. The lowest BCUT2D eigenvalue weighted by Gasteiger charge is -2.11. The molecule has 0 saturated heterocycles. The number of aliphatic hydroxyl groups is 1. The van der Waals surface area contributed by atoms with Gasteiger partial charge in [-0.1, -0.05) is 48.5 Å². The molecule has 20 heavy (non-hydrogen) atoms. The second kappa shape index (κ2) is 5.19. The summed E-state index contributed by atoms with van der Waals surface area (Å²) in [5, 5.41) is 10.9. The first-order valence-electron chi connectivity index (χ1n) is 6.27. The minimum Gasteiger partial charge on any atom is -0.377 e. The summed E-state index contributed by atoms with van der Waals surface area (Å²) in [6.45, 7) is 0. The van der Waals surface area contributed by atoms with E-state index in [4.69, 9.17) is 4.84 Å². The average molecular weight is 267 g/mol. The van der Waals surface area contributed by atoms with E-state index in [2.05, 4.69) is 0 Å². The molecule has 3 rings (SSSR count). The summed E-state index contributed by atoms with van der Waals surface area (Å²) < 4.78 is 1.36. The molecule has 3 aromatic rings. The number of carbonyl (C=O) groups excluding carboxylic acids is 1. The van der Waals surface area contributed by atoms with E-state index in [1.165, 1.54) is 4.73 Å². The molecule has 0 radical (unpaired) electrons. The number of hydrogen-bond donors (Lipinski definition) is 1. The van der Waals surface area contributed by atoms with Crippen molar-refractivity contribution in [1.29, 1.82) is 0 Å². The molecule has 0 spiro atoms. The zero-order chi connectivity index (χ0) is 13.9. The highest BCUT2D eigenvalue weighted by Crippen LogP contribution is 2.16. The normalized spacial score (nSPS) is 12.2. The Balaban J connectivity index is 1.82. The predicted octanol–water partition coefficient (Wildman–Crippen LogP) is 2.33. The van der Waals surface area contributed by atoms with E-state index in [1.807, 2.05) is 36.4 Å². The van der Waals surface area contributed by atoms with Gasteiger partial charge in [-0.05, 0) is 17.7 Å². The fourth-order valence-electron chi connectivity index (χ4n) is 2.06. The van der Waals surface area contributed by atoms with Crippen molar-refractivity contribution < 1.29 is 14.7 Å². The Morgan fingerprint density at radius 3 is 2.50 bits per heavy atom. The molecule has 1 unspecified atom stereocenters. The quantitative estimate of drug-likeness (QED) is 0.792. The molecule has 0 aliphatic carbocycles. The first-order chi connectivity index (χ1) is 9.75. The van der Waals surface area contributed by atoms with Crippen LogP contribution in [0, 0.1) is 0 Å². The van der Waals surface area contributed by atoms with Gasteiger partial charge in [-0.3, -0.25) is 0 Å². The summed E-state index contributed by atoms with van der Waals surface area (Å²) in [5.74, 6) is -0.711. The molecule has 2 aromatic carbocycles. The number of fused-ring (bicyclic) bond motifs is 1. The van der Waals surface area contributed by atoms with Crippen molar-refractivity contribution in [1.82, 2.24) is 4.73 Å². The molecule has 0 bridgehead atoms. The largest absolute Gasteiger partial charge is 0.377 e. The van der Waals surface area contributed by atoms with Gasteiger partial charge in [0.1, 0.15) is 0 Å². The first kappa shape index (κ1) is 12.4. The lowest BCUT2D eigenvalue weighted by atomic mass is 10.1. The third-order valence-corrected chi connectivity index (χ3v) is 3.09. The topological polar surface area (TPSA) is 51.5 Å². The highest BCUT2D eigenvalue weighted by Gasteiger charge is 2.20. The van der Waals surface area contributed by atoms with E-state index >= 15 is 0 Å². The van der Waals surface area contributed by atoms with Crippen molar-refractivity contribution in [2.45, 2.75) is 6.10 Å². The van der Waals surface area contributed by atoms with Crippen LogP contribution in [-0.2, 0) is 4.79 Å². The highest BCUT2D eigenvalue weighted by atomic mass is 16.7. The summed E-state index contributed by atoms with van der Waals surface area (Å²) in [7, 11) is 0. The molecule has 1 atom stereocenters. The average Bonchev–Trinajstić information content (AvgIpc) is 2.91. The standard InChI is InChI=1S/C16H13NO3/c18-15(13-7-2-1-3-8-13)16(19)20-17-11-10-12-6-4-5-9-14(12)17/h1-11,15,18H. The number of para-hydroxylation sites is 1. The van der Waals surface area contributed by atoms with Crippen molar-refractivity contribution in [2.24, 2.45) is 0 Å². The summed E-state index contributed by atoms with van der Waals surface area (Å²) in [6, 6.07) is 18.1. The molecule has 0 amide bonds. The van der Waals surface area contributed by atoms with Crippen molar-refractivity contribution in [2.75, 3.05) is 0 Å². The van der Waals surface area contributed by atoms with Gasteiger partial charge in [0.15, 0.2) is 6.10 Å². The van der Waals surface area contributed by atoms with Crippen molar-refractivity contribution >= 4 is 16.9 Å². The number of benzene rings is 2. The van der Waals surface area contributed by atoms with Gasteiger partial charge in [-0.2, -0.15) is 4.73 Å². The maximum atomic E-state index is 12.0. The van der Waals surface area contributed by atoms with Gasteiger partial charge >= 0.3 is 5.97 Å². The Bertz CT molecular complexity index is 734. The van der Waals surface area contributed by atoms with E-state index in [9.17, 15) is 9.90 Å². The Kier molecular flexibility index (Phi) is 3.23. The number of carbonyl (C=O) groups is 1. The third-order valence-electron chi connectivity index (χ3n) is 3.09. The smallest absolute Gasteiger partial charge is 0.365 e. The number of aliphatic hydroxyl groups excluding tert-OH is 1. The van der Waals surface area contributed by atoms with E-state index in [-0.39, 0.29) is 0 Å². The van der Waals surface area contributed by atoms with Gasteiger partial charge in [0, 0.05) is 11.6 Å². The van der Waals surface area contributed by atoms with Crippen LogP contribution in [0.2, 0.25) is 0 Å². The molecule has 1 aromatic heterocycles. The van der Waals surface area contributed by atoms with Crippen LogP contribution in [0.5, 0.6) is 0 Å². The fraction of sp³-hybridized carbons (Fsp3) is 0.0625. The van der Waals surface area contributed by atoms with Crippen molar-refractivity contribution in [3.63, 3.8) is 0 Å². The summed E-state index contributed by atoms with van der Waals surface area (Å²) in [4.78, 5) is 17.2. The van der Waals surface area contributed by atoms with Gasteiger partial charge in [0.05, 0.1) is 5.52 Å². The third kappa shape index (κ3) is 2.29. The Morgan fingerprint density at radius 1 is 1.00 bits per heavy atom. The van der Waals surface area contributed by atoms with Crippen LogP contribution in [0.1, 0.15) is 11.7 Å². The number of rotatable bonds is 3. The molecule has 1 N–H and O–H groups in total. The number of hydrogen-bond acceptors (Lipinski definition) is 3. The minimum atomic E-state index is -1.29. The van der Waals surface area contributed by atoms with E-state index in [0.29, 0.717) is 5.56 Å². The molecule has 4 nitrogen and oxygen atoms in total. The van der Waals surface area contributed by atoms with Crippen LogP contribution in [0.15, 0.2) is 66.9 Å². The molecular weight excluding hydrogens is 254 g/mol. The van der Waals surface area contributed by atoms with Gasteiger partial charge in [-0.25, -0.2) is 4.79 Å². The first-order valence-corrected chi connectivity index (χ1v) is 6.27. The van der Waals surface area contributed by atoms with Crippen LogP contribution in [-0.4, -0.2) is 15.8 Å². The van der Waals surface area contributed by atoms with Gasteiger partial charge in [-0.15, -0.1) is 0 Å². The monoisotopic (exact) mass is 267 g/mol. The number of aromatic nitrogens is 1. The maximum Gasteiger partial charge on any atom is 0.365 e. The molecule has 0 aliphatic heterocycles. The minimum absolute atomic E-state index is 0.508. The molecule has 100 valence electrons. The van der Waals surface area contributed by atoms with Crippen LogP contribution in [0.3, 0.4) is 0 Å². The van der Waals surface area contributed by atoms with E-state index in [1.54, 1.807) is 30.5 Å². The van der Waals surface area contributed by atoms with Crippen LogP contribution in [0.4, 0.5) is 0 Å². The van der Waals surface area contributed by atoms with Crippen LogP contribution < -0.4 is 4.84 Å². The van der Waals surface area contributed by atoms with Crippen molar-refractivity contribution in [3.05, 3.63) is 72.4 Å². The van der Waals surface area contributed by atoms with Crippen LogP contribution in [0.25, 0.3) is 10.9 Å². The predicted molar refractivity (Wildman–Crippen MR) is 74.9 cm³/mol. The second-order valence-corrected chi connectivity index (χ2v) is 4.42. The highest BCUT2D eigenvalue weighted by molar-refractivity contribution is 5.81. The van der Waals surface area contributed by atoms with Crippen molar-refractivity contribution in [3.8, 4) is 0 Å². The second-order valence-electron chi connectivity index (χ2n) is 4.42. The maximum absolute atomic E-state index is 12.0. The lowest BCUT2D eigenvalue weighted by Crippen LogP contribution is -2.25. The summed E-state index contributed by atoms with van der Waals surface area (Å²) >= 11 is 0. The Hall–Kier alpha value is -2.59. The summed E-state index contributed by atoms with van der Waals surface area (Å²) in [5.41, 5.74) is 1.29. The molecule has 0 fully saturated rings. The molecule has 0 saturated carbocycles. The fourth-order valence-corrected chi connectivity index (χ4v) is 2.06. The SMILES string of the molecule is O=C(On1ccc2ccccc21)C(O)c1ccccc1. The van der Waals surface area contributed by atoms with Gasteiger partial charge < -0.3 is 9.94 Å². The lowest BCUT2D eigenvalue weighted by molar-refractivity contribution is -0.153. The zero-order valence-electron chi connectivity index (χ0n) is 10.6. The Labute approximate surface area is 115 Å². The molecular formula is C16H13NO3.